The van der Waals surface area contributed by atoms with E-state index in [1.165, 1.54) is 0 Å². The maximum absolute atomic E-state index is 6.42. The molecule has 2 aliphatic rings. The Morgan fingerprint density at radius 3 is 1.38 bits per heavy atom. The monoisotopic (exact) mass is 550 g/mol. The lowest BCUT2D eigenvalue weighted by Gasteiger charge is -2.45. The van der Waals surface area contributed by atoms with Crippen LogP contribution < -0.4 is 0 Å². The molecule has 2 radical (unpaired) electrons. The van der Waals surface area contributed by atoms with E-state index in [4.69, 9.17) is 27.8 Å². The van der Waals surface area contributed by atoms with Crippen LogP contribution >= 0.6 is 0 Å². The molecule has 4 unspecified atom stereocenters. The molecule has 2 fully saturated rings. The van der Waals surface area contributed by atoms with Crippen molar-refractivity contribution >= 4 is 34.2 Å². The molecule has 2 rings (SSSR count). The van der Waals surface area contributed by atoms with Crippen molar-refractivity contribution in [2.75, 3.05) is 66.1 Å². The van der Waals surface area contributed by atoms with E-state index >= 15 is 0 Å². The Hall–Kier alpha value is 0.548. The van der Waals surface area contributed by atoms with Crippen LogP contribution in [0.15, 0.2) is 0 Å². The minimum absolute atomic E-state index is 0.0986. The Balaban J connectivity index is 1.74. The second-order valence-electron chi connectivity index (χ2n) is 11.3. The van der Waals surface area contributed by atoms with E-state index in [1.807, 2.05) is 14.2 Å². The van der Waals surface area contributed by atoms with Gasteiger partial charge in [-0.1, -0.05) is 26.2 Å². The lowest BCUT2D eigenvalue weighted by molar-refractivity contribution is -0.0585. The lowest BCUT2D eigenvalue weighted by atomic mass is 10.3. The first-order chi connectivity index (χ1) is 15.9. The van der Waals surface area contributed by atoms with Crippen LogP contribution in [-0.4, -0.2) is 134 Å². The standard InChI is InChI=1S/C22H50N2O6Si4/c1-25-21(31(3)4)23-13-19(29-33(7,8)17-23)15-27-11-12-28-16-20-14-24(18-34(9,10)30-20)22(26-2)32(5)6/h19-22H,11-18H2,1-10H3. The predicted molar refractivity (Wildman–Crippen MR) is 146 cm³/mol. The summed E-state index contributed by atoms with van der Waals surface area (Å²) in [6, 6.07) is 0. The Morgan fingerprint density at radius 2 is 1.09 bits per heavy atom. The van der Waals surface area contributed by atoms with Gasteiger partial charge in [-0.25, -0.2) is 0 Å². The number of nitrogens with zero attached hydrogens (tertiary/aromatic N) is 2. The molecular weight excluding hydrogens is 501 g/mol. The van der Waals surface area contributed by atoms with Crippen molar-refractivity contribution in [3.63, 3.8) is 0 Å². The highest BCUT2D eigenvalue weighted by atomic mass is 28.4. The van der Waals surface area contributed by atoms with Crippen LogP contribution in [0.25, 0.3) is 0 Å². The van der Waals surface area contributed by atoms with Gasteiger partial charge in [0, 0.05) is 39.6 Å². The highest BCUT2D eigenvalue weighted by Gasteiger charge is 2.40. The Bertz CT molecular complexity index is 552. The molecule has 12 heteroatoms. The van der Waals surface area contributed by atoms with Crippen LogP contribution in [0.4, 0.5) is 0 Å². The third kappa shape index (κ3) is 9.78. The molecule has 2 aliphatic heterocycles. The predicted octanol–water partition coefficient (Wildman–Crippen LogP) is 2.44. The third-order valence-corrected chi connectivity index (χ3v) is 13.5. The number of hydrogen-bond acceptors (Lipinski definition) is 8. The van der Waals surface area contributed by atoms with Crippen LogP contribution in [0, 0.1) is 0 Å². The van der Waals surface area contributed by atoms with Gasteiger partial charge in [0.05, 0.1) is 67.9 Å². The van der Waals surface area contributed by atoms with Gasteiger partial charge in [-0.15, -0.1) is 0 Å². The van der Waals surface area contributed by atoms with E-state index in [2.05, 4.69) is 62.2 Å². The van der Waals surface area contributed by atoms with Gasteiger partial charge in [0.15, 0.2) is 0 Å². The Morgan fingerprint density at radius 1 is 0.735 bits per heavy atom. The van der Waals surface area contributed by atoms with E-state index in [0.717, 1.165) is 25.4 Å². The van der Waals surface area contributed by atoms with Gasteiger partial charge < -0.3 is 27.8 Å². The van der Waals surface area contributed by atoms with Gasteiger partial charge in [0.2, 0.25) is 16.6 Å². The van der Waals surface area contributed by atoms with Crippen molar-refractivity contribution < 1.29 is 27.8 Å². The van der Waals surface area contributed by atoms with Crippen molar-refractivity contribution in [1.82, 2.24) is 9.80 Å². The number of methoxy groups -OCH3 is 2. The van der Waals surface area contributed by atoms with Gasteiger partial charge in [0.1, 0.15) is 0 Å². The smallest absolute Gasteiger partial charge is 0.201 e. The average Bonchev–Trinajstić information content (AvgIpc) is 2.69. The van der Waals surface area contributed by atoms with Crippen molar-refractivity contribution in [3.05, 3.63) is 0 Å². The summed E-state index contributed by atoms with van der Waals surface area (Å²) >= 11 is 0. The molecule has 0 amide bonds. The van der Waals surface area contributed by atoms with Gasteiger partial charge in [-0.3, -0.25) is 9.80 Å². The van der Waals surface area contributed by atoms with Crippen molar-refractivity contribution in [2.45, 2.75) is 76.3 Å². The lowest BCUT2D eigenvalue weighted by Crippen LogP contribution is -2.62. The fourth-order valence-electron chi connectivity index (χ4n) is 5.26. The highest BCUT2D eigenvalue weighted by Crippen LogP contribution is 2.23. The van der Waals surface area contributed by atoms with E-state index in [0.29, 0.717) is 26.4 Å². The molecule has 34 heavy (non-hydrogen) atoms. The highest BCUT2D eigenvalue weighted by molar-refractivity contribution is 6.72. The quantitative estimate of drug-likeness (QED) is 0.256. The number of hydrogen-bond donors (Lipinski definition) is 0. The zero-order valence-corrected chi connectivity index (χ0v) is 27.3. The van der Waals surface area contributed by atoms with E-state index < -0.39 is 34.2 Å². The zero-order valence-electron chi connectivity index (χ0n) is 23.3. The minimum Gasteiger partial charge on any atom is -0.410 e. The van der Waals surface area contributed by atoms with Crippen LogP contribution in [0.5, 0.6) is 0 Å². The topological polar surface area (TPSA) is 61.9 Å². The molecule has 0 bridgehead atoms. The molecule has 0 N–H and O–H groups in total. The Labute approximate surface area is 214 Å². The normalized spacial score (nSPS) is 27.9. The number of rotatable bonds is 13. The molecule has 2 heterocycles. The van der Waals surface area contributed by atoms with Gasteiger partial charge in [0.25, 0.3) is 0 Å². The van der Waals surface area contributed by atoms with Crippen molar-refractivity contribution in [3.8, 4) is 0 Å². The molecule has 0 aromatic rings. The summed E-state index contributed by atoms with van der Waals surface area (Å²) < 4.78 is 36.5. The summed E-state index contributed by atoms with van der Waals surface area (Å²) in [5.41, 5.74) is 0. The van der Waals surface area contributed by atoms with Crippen LogP contribution in [0.1, 0.15) is 0 Å². The Kier molecular flexibility index (Phi) is 12.6. The SMILES string of the molecule is COC(N1CC(COCCOCC2CN(C(OC)[Si](C)C)C[Si](C)(C)O2)O[Si](C)(C)C1)[Si](C)C. The summed E-state index contributed by atoms with van der Waals surface area (Å²) in [5, 5.41) is 0. The molecule has 8 nitrogen and oxygen atoms in total. The van der Waals surface area contributed by atoms with Crippen LogP contribution in [0.3, 0.4) is 0 Å². The second-order valence-corrected chi connectivity index (χ2v) is 24.8. The van der Waals surface area contributed by atoms with Gasteiger partial charge >= 0.3 is 0 Å². The zero-order chi connectivity index (χ0) is 25.5. The van der Waals surface area contributed by atoms with E-state index in [9.17, 15) is 0 Å². The molecule has 0 saturated carbocycles. The largest absolute Gasteiger partial charge is 0.410 e. The summed E-state index contributed by atoms with van der Waals surface area (Å²) in [4.78, 5) is 4.97. The number of ether oxygens (including phenoxy) is 4. The molecular formula is C22H50N2O6Si4. The minimum atomic E-state index is -1.76. The fourth-order valence-corrected chi connectivity index (χ4v) is 13.2. The molecule has 200 valence electrons. The maximum Gasteiger partial charge on any atom is 0.201 e. The first kappa shape index (κ1) is 30.8. The molecule has 2 saturated heterocycles. The van der Waals surface area contributed by atoms with Crippen LogP contribution in [0.2, 0.25) is 52.4 Å². The molecule has 0 aromatic carbocycles. The summed E-state index contributed by atoms with van der Waals surface area (Å²) in [7, 11) is -0.999. The van der Waals surface area contributed by atoms with Crippen molar-refractivity contribution in [2.24, 2.45) is 0 Å². The summed E-state index contributed by atoms with van der Waals surface area (Å²) in [5.74, 6) is 0.453. The van der Waals surface area contributed by atoms with Crippen molar-refractivity contribution in [1.29, 1.82) is 0 Å². The maximum atomic E-state index is 6.42. The first-order valence-corrected chi connectivity index (χ1v) is 23.9. The molecule has 0 aromatic heterocycles. The second kappa shape index (κ2) is 13.9. The molecule has 0 aliphatic carbocycles. The molecule has 4 atom stereocenters. The summed E-state index contributed by atoms with van der Waals surface area (Å²) in [6.07, 6.45) is 2.23. The van der Waals surface area contributed by atoms with Gasteiger partial charge in [-0.05, 0) is 26.2 Å². The van der Waals surface area contributed by atoms with E-state index in [1.54, 1.807) is 0 Å². The molecule has 0 spiro atoms. The first-order valence-electron chi connectivity index (χ1n) is 12.5. The van der Waals surface area contributed by atoms with Crippen LogP contribution in [-0.2, 0) is 27.8 Å². The third-order valence-electron chi connectivity index (χ3n) is 6.09. The summed E-state index contributed by atoms with van der Waals surface area (Å²) in [6.45, 7) is 22.5. The average molecular weight is 551 g/mol. The fraction of sp³-hybridized carbons (Fsp3) is 1.00. The van der Waals surface area contributed by atoms with E-state index in [-0.39, 0.29) is 23.9 Å². The van der Waals surface area contributed by atoms with Gasteiger partial charge in [-0.2, -0.15) is 0 Å².